The molecular formula is C12H9F6NO. The summed E-state index contributed by atoms with van der Waals surface area (Å²) < 4.78 is 72.8. The van der Waals surface area contributed by atoms with Crippen molar-refractivity contribution in [3.63, 3.8) is 0 Å². The Hall–Kier alpha value is -1.99. The number of benzene rings is 1. The Morgan fingerprint density at radius 1 is 1.05 bits per heavy atom. The summed E-state index contributed by atoms with van der Waals surface area (Å²) in [6.45, 7) is 1.20. The van der Waals surface area contributed by atoms with Crippen molar-refractivity contribution in [2.75, 3.05) is 5.32 Å². The number of carbonyl (C=O) groups excluding carboxylic acids is 1. The molecule has 0 bridgehead atoms. The van der Waals surface area contributed by atoms with Gasteiger partial charge in [-0.05, 0) is 31.2 Å². The third kappa shape index (κ3) is 4.60. The molecule has 0 heterocycles. The number of anilines is 1. The Bertz CT molecular complexity index is 512. The third-order valence-electron chi connectivity index (χ3n) is 2.18. The lowest BCUT2D eigenvalue weighted by molar-refractivity contribution is -0.165. The van der Waals surface area contributed by atoms with Gasteiger partial charge in [-0.15, -0.1) is 0 Å². The average Bonchev–Trinajstić information content (AvgIpc) is 2.26. The van der Waals surface area contributed by atoms with Crippen molar-refractivity contribution in [3.05, 3.63) is 41.6 Å². The summed E-state index contributed by atoms with van der Waals surface area (Å²) in [7, 11) is 0. The number of ketones is 1. The summed E-state index contributed by atoms with van der Waals surface area (Å²) in [5.41, 5.74) is -0.871. The first-order valence-electron chi connectivity index (χ1n) is 5.24. The van der Waals surface area contributed by atoms with Gasteiger partial charge in [0.2, 0.25) is 0 Å². The standard InChI is InChI=1S/C12H9F6NO/c1-7(6-10(20)12(16,17)18)19-9-4-2-8(3-5-9)11(13,14)15/h2-6,19H,1H3. The second-order valence-corrected chi connectivity index (χ2v) is 3.89. The predicted octanol–water partition coefficient (Wildman–Crippen LogP) is 4.15. The van der Waals surface area contributed by atoms with Crippen LogP contribution in [0.2, 0.25) is 0 Å². The lowest BCUT2D eigenvalue weighted by Crippen LogP contribution is -2.21. The molecule has 0 unspecified atom stereocenters. The maximum atomic E-state index is 12.3. The van der Waals surface area contributed by atoms with E-state index in [1.807, 2.05) is 0 Å². The molecule has 1 aromatic carbocycles. The van der Waals surface area contributed by atoms with Gasteiger partial charge in [0.1, 0.15) is 0 Å². The van der Waals surface area contributed by atoms with E-state index < -0.39 is 23.7 Å². The van der Waals surface area contributed by atoms with Crippen molar-refractivity contribution in [3.8, 4) is 0 Å². The van der Waals surface area contributed by atoms with Gasteiger partial charge in [-0.1, -0.05) is 0 Å². The van der Waals surface area contributed by atoms with E-state index >= 15 is 0 Å². The summed E-state index contributed by atoms with van der Waals surface area (Å²) in [5.74, 6) is -2.05. The lowest BCUT2D eigenvalue weighted by Gasteiger charge is -2.10. The smallest absolute Gasteiger partial charge is 0.359 e. The first-order chi connectivity index (χ1) is 9.00. The zero-order chi connectivity index (χ0) is 15.6. The van der Waals surface area contributed by atoms with Crippen molar-refractivity contribution in [2.24, 2.45) is 0 Å². The highest BCUT2D eigenvalue weighted by Crippen LogP contribution is 2.30. The van der Waals surface area contributed by atoms with Crippen molar-refractivity contribution in [1.29, 1.82) is 0 Å². The largest absolute Gasteiger partial charge is 0.454 e. The van der Waals surface area contributed by atoms with Crippen LogP contribution in [0.25, 0.3) is 0 Å². The van der Waals surface area contributed by atoms with Gasteiger partial charge in [-0.3, -0.25) is 4.79 Å². The molecule has 2 nitrogen and oxygen atoms in total. The van der Waals surface area contributed by atoms with Gasteiger partial charge in [-0.25, -0.2) is 0 Å². The molecule has 1 aromatic rings. The third-order valence-corrected chi connectivity index (χ3v) is 2.18. The van der Waals surface area contributed by atoms with Gasteiger partial charge < -0.3 is 5.32 Å². The minimum Gasteiger partial charge on any atom is -0.359 e. The monoisotopic (exact) mass is 297 g/mol. The second-order valence-electron chi connectivity index (χ2n) is 3.89. The topological polar surface area (TPSA) is 29.1 Å². The number of halogens is 6. The van der Waals surface area contributed by atoms with Crippen LogP contribution in [-0.2, 0) is 11.0 Å². The summed E-state index contributed by atoms with van der Waals surface area (Å²) in [5, 5.41) is 2.40. The van der Waals surface area contributed by atoms with Crippen LogP contribution < -0.4 is 5.32 Å². The molecular weight excluding hydrogens is 288 g/mol. The Morgan fingerprint density at radius 2 is 1.55 bits per heavy atom. The first kappa shape index (κ1) is 16.1. The Morgan fingerprint density at radius 3 is 1.95 bits per heavy atom. The van der Waals surface area contributed by atoms with E-state index in [1.165, 1.54) is 6.92 Å². The number of carbonyl (C=O) groups is 1. The van der Waals surface area contributed by atoms with Crippen LogP contribution in [0.15, 0.2) is 36.0 Å². The van der Waals surface area contributed by atoms with Crippen LogP contribution in [0.4, 0.5) is 32.0 Å². The fraction of sp³-hybridized carbons (Fsp3) is 0.250. The van der Waals surface area contributed by atoms with E-state index in [1.54, 1.807) is 0 Å². The summed E-state index contributed by atoms with van der Waals surface area (Å²) >= 11 is 0. The van der Waals surface area contributed by atoms with Crippen LogP contribution >= 0.6 is 0 Å². The molecule has 0 aromatic heterocycles. The maximum absolute atomic E-state index is 12.3. The van der Waals surface area contributed by atoms with Crippen LogP contribution in [0.1, 0.15) is 12.5 Å². The molecule has 0 spiro atoms. The maximum Gasteiger partial charge on any atom is 0.454 e. The molecule has 0 atom stereocenters. The zero-order valence-electron chi connectivity index (χ0n) is 10.1. The van der Waals surface area contributed by atoms with E-state index in [9.17, 15) is 31.1 Å². The molecule has 0 saturated heterocycles. The molecule has 1 N–H and O–H groups in total. The minimum atomic E-state index is -4.98. The molecule has 0 radical (unpaired) electrons. The molecule has 20 heavy (non-hydrogen) atoms. The van der Waals surface area contributed by atoms with Gasteiger partial charge in [-0.2, -0.15) is 26.3 Å². The van der Waals surface area contributed by atoms with Crippen molar-refractivity contribution in [1.82, 2.24) is 0 Å². The molecule has 0 saturated carbocycles. The molecule has 0 aliphatic rings. The van der Waals surface area contributed by atoms with E-state index in [4.69, 9.17) is 0 Å². The Labute approximate surface area is 110 Å². The highest BCUT2D eigenvalue weighted by atomic mass is 19.4. The SMILES string of the molecule is CC(=CC(=O)C(F)(F)F)Nc1ccc(C(F)(F)F)cc1. The fourth-order valence-electron chi connectivity index (χ4n) is 1.28. The van der Waals surface area contributed by atoms with Crippen LogP contribution in [0.5, 0.6) is 0 Å². The average molecular weight is 297 g/mol. The lowest BCUT2D eigenvalue weighted by atomic mass is 10.2. The number of hydrogen-bond acceptors (Lipinski definition) is 2. The van der Waals surface area contributed by atoms with Crippen LogP contribution in [0.3, 0.4) is 0 Å². The van der Waals surface area contributed by atoms with Gasteiger partial charge in [0.05, 0.1) is 5.56 Å². The minimum absolute atomic E-state index is 0.132. The highest BCUT2D eigenvalue weighted by Gasteiger charge is 2.36. The van der Waals surface area contributed by atoms with Crippen molar-refractivity contribution in [2.45, 2.75) is 19.3 Å². The molecule has 1 rings (SSSR count). The summed E-state index contributed by atoms with van der Waals surface area (Å²) in [4.78, 5) is 10.7. The second kappa shape index (κ2) is 5.56. The van der Waals surface area contributed by atoms with Crippen molar-refractivity contribution < 1.29 is 31.1 Å². The van der Waals surface area contributed by atoms with Gasteiger partial charge in [0.25, 0.3) is 5.78 Å². The molecule has 0 aliphatic carbocycles. The molecule has 0 fully saturated rings. The van der Waals surface area contributed by atoms with Crippen LogP contribution in [0, 0.1) is 0 Å². The predicted molar refractivity (Wildman–Crippen MR) is 59.9 cm³/mol. The summed E-state index contributed by atoms with van der Waals surface area (Å²) in [6, 6.07) is 3.67. The number of nitrogens with one attached hydrogen (secondary N) is 1. The number of hydrogen-bond donors (Lipinski definition) is 1. The quantitative estimate of drug-likeness (QED) is 0.670. The van der Waals surface area contributed by atoms with E-state index in [2.05, 4.69) is 5.32 Å². The molecule has 0 aliphatic heterocycles. The van der Waals surface area contributed by atoms with Crippen LogP contribution in [-0.4, -0.2) is 12.0 Å². The highest BCUT2D eigenvalue weighted by molar-refractivity contribution is 5.95. The van der Waals surface area contributed by atoms with E-state index in [-0.39, 0.29) is 11.4 Å². The van der Waals surface area contributed by atoms with E-state index in [0.717, 1.165) is 24.3 Å². The van der Waals surface area contributed by atoms with Gasteiger partial charge in [0.15, 0.2) is 0 Å². The van der Waals surface area contributed by atoms with E-state index in [0.29, 0.717) is 6.08 Å². The number of allylic oxidation sites excluding steroid dienone is 2. The molecule has 0 amide bonds. The Kier molecular flexibility index (Phi) is 4.46. The normalized spacial score (nSPS) is 13.2. The van der Waals surface area contributed by atoms with Gasteiger partial charge >= 0.3 is 12.4 Å². The summed E-state index contributed by atoms with van der Waals surface area (Å²) in [6.07, 6.45) is -9.14. The first-order valence-corrected chi connectivity index (χ1v) is 5.24. The van der Waals surface area contributed by atoms with Crippen molar-refractivity contribution >= 4 is 11.5 Å². The number of alkyl halides is 6. The molecule has 110 valence electrons. The number of rotatable bonds is 3. The fourth-order valence-corrected chi connectivity index (χ4v) is 1.28. The molecule has 8 heteroatoms. The zero-order valence-corrected chi connectivity index (χ0v) is 10.1. The van der Waals surface area contributed by atoms with Gasteiger partial charge in [0, 0.05) is 17.5 Å². The Balaban J connectivity index is 2.79.